The summed E-state index contributed by atoms with van der Waals surface area (Å²) in [6.07, 6.45) is 1.30. The maximum atomic E-state index is 12.1. The predicted octanol–water partition coefficient (Wildman–Crippen LogP) is 1.80. The van der Waals surface area contributed by atoms with Crippen molar-refractivity contribution in [3.05, 3.63) is 41.9 Å². The zero-order valence-electron chi connectivity index (χ0n) is 11.6. The van der Waals surface area contributed by atoms with E-state index in [1.54, 1.807) is 19.1 Å². The zero-order chi connectivity index (χ0) is 14.8. The van der Waals surface area contributed by atoms with Crippen LogP contribution in [0, 0.1) is 6.92 Å². The molecule has 20 heavy (non-hydrogen) atoms. The largest absolute Gasteiger partial charge is 0.332 e. The van der Waals surface area contributed by atoms with E-state index in [-0.39, 0.29) is 11.1 Å². The summed E-state index contributed by atoms with van der Waals surface area (Å²) in [4.78, 5) is 6.59. The highest BCUT2D eigenvalue weighted by atomic mass is 32.2. The molecule has 0 radical (unpaired) electrons. The van der Waals surface area contributed by atoms with Crippen LogP contribution >= 0.6 is 0 Å². The number of anilines is 1. The van der Waals surface area contributed by atoms with Gasteiger partial charge in [0.05, 0.1) is 6.20 Å². The summed E-state index contributed by atoms with van der Waals surface area (Å²) in [7, 11) is -1.74. The Morgan fingerprint density at radius 3 is 2.40 bits per heavy atom. The van der Waals surface area contributed by atoms with Crippen LogP contribution < -0.4 is 10.0 Å². The lowest BCUT2D eigenvalue weighted by molar-refractivity contribution is 0.598. The number of hydrogen-bond donors (Lipinski definition) is 3. The summed E-state index contributed by atoms with van der Waals surface area (Å²) in [6, 6.07) is 7.47. The highest BCUT2D eigenvalue weighted by molar-refractivity contribution is 7.92. The molecular weight excluding hydrogens is 276 g/mol. The average Bonchev–Trinajstić information content (AvgIpc) is 2.86. The second-order valence-electron chi connectivity index (χ2n) is 4.57. The maximum absolute atomic E-state index is 12.1. The molecule has 1 unspecified atom stereocenters. The Balaban J connectivity index is 2.18. The molecule has 0 aliphatic rings. The number of nitrogens with one attached hydrogen (secondary N) is 3. The molecule has 0 bridgehead atoms. The van der Waals surface area contributed by atoms with Crippen LogP contribution in [0.4, 0.5) is 5.69 Å². The summed E-state index contributed by atoms with van der Waals surface area (Å²) >= 11 is 0. The summed E-state index contributed by atoms with van der Waals surface area (Å²) in [5, 5.41) is 3.18. The van der Waals surface area contributed by atoms with Crippen LogP contribution in [0.5, 0.6) is 0 Å². The number of nitrogens with zero attached hydrogens (tertiary/aromatic N) is 1. The van der Waals surface area contributed by atoms with Gasteiger partial charge in [0.2, 0.25) is 0 Å². The number of aromatic amines is 1. The van der Waals surface area contributed by atoms with Gasteiger partial charge in [0.1, 0.15) is 5.82 Å². The van der Waals surface area contributed by atoms with Crippen LogP contribution in [0.25, 0.3) is 0 Å². The number of aryl methyl sites for hydroxylation is 1. The van der Waals surface area contributed by atoms with Gasteiger partial charge in [-0.2, -0.15) is 8.42 Å². The highest BCUT2D eigenvalue weighted by Crippen LogP contribution is 2.18. The molecule has 108 valence electrons. The number of hydrogen-bond acceptors (Lipinski definition) is 4. The Hall–Kier alpha value is -1.86. The van der Waals surface area contributed by atoms with Gasteiger partial charge in [-0.1, -0.05) is 12.1 Å². The van der Waals surface area contributed by atoms with Gasteiger partial charge in [0.25, 0.3) is 10.0 Å². The molecule has 1 aromatic heterocycles. The highest BCUT2D eigenvalue weighted by Gasteiger charge is 2.16. The van der Waals surface area contributed by atoms with Gasteiger partial charge in [0, 0.05) is 11.7 Å². The molecule has 7 heteroatoms. The van der Waals surface area contributed by atoms with E-state index in [4.69, 9.17) is 0 Å². The molecule has 0 saturated heterocycles. The molecule has 1 aromatic carbocycles. The van der Waals surface area contributed by atoms with Gasteiger partial charge in [-0.25, -0.2) is 4.98 Å². The van der Waals surface area contributed by atoms with Gasteiger partial charge in [-0.05, 0) is 38.6 Å². The number of rotatable bonds is 5. The molecule has 2 rings (SSSR count). The van der Waals surface area contributed by atoms with E-state index in [9.17, 15) is 8.42 Å². The minimum Gasteiger partial charge on any atom is -0.332 e. The lowest BCUT2D eigenvalue weighted by Crippen LogP contribution is -2.14. The first-order chi connectivity index (χ1) is 9.42. The van der Waals surface area contributed by atoms with Gasteiger partial charge >= 0.3 is 0 Å². The van der Waals surface area contributed by atoms with Crippen LogP contribution in [0.3, 0.4) is 0 Å². The van der Waals surface area contributed by atoms with Crippen molar-refractivity contribution < 1.29 is 8.42 Å². The van der Waals surface area contributed by atoms with E-state index in [2.05, 4.69) is 20.0 Å². The second kappa shape index (κ2) is 5.64. The third-order valence-electron chi connectivity index (χ3n) is 3.06. The van der Waals surface area contributed by atoms with Crippen molar-refractivity contribution >= 4 is 15.7 Å². The molecule has 0 spiro atoms. The number of H-pyrrole nitrogens is 1. The van der Waals surface area contributed by atoms with Gasteiger partial charge in [-0.3, -0.25) is 4.72 Å². The van der Waals surface area contributed by atoms with Gasteiger partial charge in [0.15, 0.2) is 5.03 Å². The monoisotopic (exact) mass is 294 g/mol. The van der Waals surface area contributed by atoms with Crippen molar-refractivity contribution in [3.8, 4) is 0 Å². The Labute approximate surface area is 118 Å². The van der Waals surface area contributed by atoms with Crippen LogP contribution in [0.2, 0.25) is 0 Å². The Kier molecular flexibility index (Phi) is 4.10. The SMILES string of the molecule is CNC(C)c1ccc(NS(=O)(=O)c2cnc(C)[nH]2)cc1. The summed E-state index contributed by atoms with van der Waals surface area (Å²) < 4.78 is 26.7. The van der Waals surface area contributed by atoms with E-state index in [0.29, 0.717) is 11.5 Å². The molecule has 0 aliphatic heterocycles. The molecule has 0 fully saturated rings. The van der Waals surface area contributed by atoms with Crippen LogP contribution in [0.15, 0.2) is 35.5 Å². The molecule has 1 heterocycles. The van der Waals surface area contributed by atoms with Crippen LogP contribution in [-0.2, 0) is 10.0 Å². The summed E-state index contributed by atoms with van der Waals surface area (Å²) in [5.41, 5.74) is 1.61. The van der Waals surface area contributed by atoms with Crippen molar-refractivity contribution in [1.29, 1.82) is 0 Å². The third-order valence-corrected chi connectivity index (χ3v) is 4.36. The van der Waals surface area contributed by atoms with Crippen LogP contribution in [-0.4, -0.2) is 25.4 Å². The summed E-state index contributed by atoms with van der Waals surface area (Å²) in [6.45, 7) is 3.74. The minimum atomic E-state index is -3.61. The normalized spacial score (nSPS) is 13.2. The average molecular weight is 294 g/mol. The van der Waals surface area contributed by atoms with Crippen LogP contribution in [0.1, 0.15) is 24.4 Å². The lowest BCUT2D eigenvalue weighted by atomic mass is 10.1. The molecule has 0 saturated carbocycles. The first-order valence-corrected chi connectivity index (χ1v) is 7.72. The number of imidazole rings is 1. The molecular formula is C13H18N4O2S. The Morgan fingerprint density at radius 2 is 1.90 bits per heavy atom. The molecule has 0 amide bonds. The smallest absolute Gasteiger partial charge is 0.278 e. The van der Waals surface area contributed by atoms with E-state index in [0.717, 1.165) is 5.56 Å². The van der Waals surface area contributed by atoms with Gasteiger partial charge in [-0.15, -0.1) is 0 Å². The van der Waals surface area contributed by atoms with Crippen molar-refractivity contribution in [3.63, 3.8) is 0 Å². The Morgan fingerprint density at radius 1 is 1.25 bits per heavy atom. The molecule has 1 atom stereocenters. The topological polar surface area (TPSA) is 86.9 Å². The minimum absolute atomic E-state index is 0.0580. The fourth-order valence-corrected chi connectivity index (χ4v) is 2.78. The molecule has 3 N–H and O–H groups in total. The number of aromatic nitrogens is 2. The van der Waals surface area contributed by atoms with E-state index in [1.807, 2.05) is 26.1 Å². The second-order valence-corrected chi connectivity index (χ2v) is 6.22. The standard InChI is InChI=1S/C13H18N4O2S/c1-9(14-3)11-4-6-12(7-5-11)17-20(18,19)13-8-15-10(2)16-13/h4-9,14,17H,1-3H3,(H,15,16). The fraction of sp³-hybridized carbons (Fsp3) is 0.308. The third kappa shape index (κ3) is 3.17. The first-order valence-electron chi connectivity index (χ1n) is 6.24. The maximum Gasteiger partial charge on any atom is 0.278 e. The van der Waals surface area contributed by atoms with Crippen molar-refractivity contribution in [2.45, 2.75) is 24.9 Å². The van der Waals surface area contributed by atoms with E-state index in [1.165, 1.54) is 6.20 Å². The molecule has 0 aliphatic carbocycles. The lowest BCUT2D eigenvalue weighted by Gasteiger charge is -2.11. The Bertz CT molecular complexity index is 677. The molecule has 2 aromatic rings. The first kappa shape index (κ1) is 14.5. The number of benzene rings is 1. The quantitative estimate of drug-likeness (QED) is 0.784. The van der Waals surface area contributed by atoms with Crippen molar-refractivity contribution in [1.82, 2.24) is 15.3 Å². The zero-order valence-corrected chi connectivity index (χ0v) is 12.5. The van der Waals surface area contributed by atoms with Crippen molar-refractivity contribution in [2.24, 2.45) is 0 Å². The van der Waals surface area contributed by atoms with E-state index >= 15 is 0 Å². The van der Waals surface area contributed by atoms with Gasteiger partial charge < -0.3 is 10.3 Å². The molecule has 6 nitrogen and oxygen atoms in total. The predicted molar refractivity (Wildman–Crippen MR) is 78.0 cm³/mol. The number of sulfonamides is 1. The van der Waals surface area contributed by atoms with Crippen molar-refractivity contribution in [2.75, 3.05) is 11.8 Å². The van der Waals surface area contributed by atoms with E-state index < -0.39 is 10.0 Å². The summed E-state index contributed by atoms with van der Waals surface area (Å²) in [5.74, 6) is 0.559. The fourth-order valence-electron chi connectivity index (χ4n) is 1.75.